The van der Waals surface area contributed by atoms with Crippen LogP contribution in [0, 0.1) is 0 Å². The number of hydrogen-bond donors (Lipinski definition) is 2. The minimum absolute atomic E-state index is 0.821. The van der Waals surface area contributed by atoms with E-state index in [1.54, 1.807) is 11.8 Å². The SMILES string of the molecule is CCOCCCCNCCSc1nc2ccccc2[nH]1. The van der Waals surface area contributed by atoms with Crippen molar-refractivity contribution in [2.45, 2.75) is 24.9 Å². The predicted octanol–water partition coefficient (Wildman–Crippen LogP) is 3.06. The maximum Gasteiger partial charge on any atom is 0.166 e. The van der Waals surface area contributed by atoms with Gasteiger partial charge in [0.05, 0.1) is 11.0 Å². The van der Waals surface area contributed by atoms with Crippen LogP contribution in [0.4, 0.5) is 0 Å². The molecule has 2 aromatic rings. The third-order valence-electron chi connectivity index (χ3n) is 2.98. The van der Waals surface area contributed by atoms with E-state index >= 15 is 0 Å². The number of unbranched alkanes of at least 4 members (excludes halogenated alkanes) is 1. The summed E-state index contributed by atoms with van der Waals surface area (Å²) in [6.45, 7) is 5.81. The number of imidazole rings is 1. The number of aromatic amines is 1. The van der Waals surface area contributed by atoms with Crippen LogP contribution in [0.3, 0.4) is 0 Å². The van der Waals surface area contributed by atoms with Crippen LogP contribution in [0.5, 0.6) is 0 Å². The van der Waals surface area contributed by atoms with Gasteiger partial charge < -0.3 is 15.0 Å². The largest absolute Gasteiger partial charge is 0.382 e. The van der Waals surface area contributed by atoms with Crippen LogP contribution in [0.15, 0.2) is 29.4 Å². The zero-order valence-electron chi connectivity index (χ0n) is 12.0. The van der Waals surface area contributed by atoms with Gasteiger partial charge in [-0.25, -0.2) is 4.98 Å². The van der Waals surface area contributed by atoms with Crippen molar-refractivity contribution in [1.82, 2.24) is 15.3 Å². The van der Waals surface area contributed by atoms with Gasteiger partial charge in [0.15, 0.2) is 5.16 Å². The van der Waals surface area contributed by atoms with Crippen molar-refractivity contribution < 1.29 is 4.74 Å². The molecule has 2 rings (SSSR count). The number of aromatic nitrogens is 2. The monoisotopic (exact) mass is 293 g/mol. The van der Waals surface area contributed by atoms with E-state index in [1.807, 2.05) is 25.1 Å². The van der Waals surface area contributed by atoms with E-state index in [0.29, 0.717) is 0 Å². The van der Waals surface area contributed by atoms with Crippen LogP contribution >= 0.6 is 11.8 Å². The molecule has 0 unspecified atom stereocenters. The van der Waals surface area contributed by atoms with Gasteiger partial charge in [-0.05, 0) is 38.4 Å². The number of thioether (sulfide) groups is 1. The Hall–Kier alpha value is -1.04. The van der Waals surface area contributed by atoms with Gasteiger partial charge in [-0.3, -0.25) is 0 Å². The average Bonchev–Trinajstić information content (AvgIpc) is 2.88. The normalized spacial score (nSPS) is 11.2. The van der Waals surface area contributed by atoms with Crippen molar-refractivity contribution in [3.63, 3.8) is 0 Å². The van der Waals surface area contributed by atoms with Crippen LogP contribution in [0.2, 0.25) is 0 Å². The molecule has 0 saturated carbocycles. The smallest absolute Gasteiger partial charge is 0.166 e. The van der Waals surface area contributed by atoms with Gasteiger partial charge in [-0.2, -0.15) is 0 Å². The Labute approximate surface area is 124 Å². The van der Waals surface area contributed by atoms with Crippen LogP contribution in [0.25, 0.3) is 11.0 Å². The highest BCUT2D eigenvalue weighted by Crippen LogP contribution is 2.18. The van der Waals surface area contributed by atoms with Crippen molar-refractivity contribution in [2.75, 3.05) is 32.1 Å². The van der Waals surface area contributed by atoms with Gasteiger partial charge in [0, 0.05) is 25.5 Å². The second kappa shape index (κ2) is 9.00. The number of fused-ring (bicyclic) bond motifs is 1. The molecular weight excluding hydrogens is 270 g/mol. The molecule has 1 aromatic heterocycles. The summed E-state index contributed by atoms with van der Waals surface area (Å²) in [5.74, 6) is 1.03. The molecule has 0 radical (unpaired) electrons. The Bertz CT molecular complexity index is 468. The number of H-pyrrole nitrogens is 1. The summed E-state index contributed by atoms with van der Waals surface area (Å²) in [7, 11) is 0. The molecule has 1 aromatic carbocycles. The summed E-state index contributed by atoms with van der Waals surface area (Å²) in [6, 6.07) is 8.13. The molecule has 5 heteroatoms. The summed E-state index contributed by atoms with van der Waals surface area (Å²) >= 11 is 1.76. The van der Waals surface area contributed by atoms with Gasteiger partial charge >= 0.3 is 0 Å². The average molecular weight is 293 g/mol. The van der Waals surface area contributed by atoms with Gasteiger partial charge in [0.1, 0.15) is 0 Å². The van der Waals surface area contributed by atoms with E-state index in [2.05, 4.69) is 21.4 Å². The number of ether oxygens (including phenoxy) is 1. The maximum atomic E-state index is 5.30. The Morgan fingerprint density at radius 2 is 2.15 bits per heavy atom. The molecule has 4 nitrogen and oxygen atoms in total. The lowest BCUT2D eigenvalue weighted by molar-refractivity contribution is 0.143. The number of rotatable bonds is 10. The van der Waals surface area contributed by atoms with Crippen LogP contribution in [-0.4, -0.2) is 42.0 Å². The summed E-state index contributed by atoms with van der Waals surface area (Å²) in [5.41, 5.74) is 2.15. The molecule has 2 N–H and O–H groups in total. The molecular formula is C15H23N3OS. The standard InChI is InChI=1S/C15H23N3OS/c1-2-19-11-6-5-9-16-10-12-20-15-17-13-7-3-4-8-14(13)18-15/h3-4,7-8,16H,2,5-6,9-12H2,1H3,(H,17,18). The van der Waals surface area contributed by atoms with Crippen LogP contribution in [0.1, 0.15) is 19.8 Å². The van der Waals surface area contributed by atoms with Crippen LogP contribution < -0.4 is 5.32 Å². The Morgan fingerprint density at radius 1 is 1.25 bits per heavy atom. The molecule has 0 fully saturated rings. The molecule has 1 heterocycles. The van der Waals surface area contributed by atoms with Gasteiger partial charge in [0.2, 0.25) is 0 Å². The molecule has 20 heavy (non-hydrogen) atoms. The lowest BCUT2D eigenvalue weighted by Gasteiger charge is -2.04. The molecule has 0 atom stereocenters. The highest BCUT2D eigenvalue weighted by atomic mass is 32.2. The first-order chi connectivity index (χ1) is 9.90. The van der Waals surface area contributed by atoms with E-state index in [1.165, 1.54) is 6.42 Å². The highest BCUT2D eigenvalue weighted by molar-refractivity contribution is 7.99. The topological polar surface area (TPSA) is 49.9 Å². The molecule has 0 saturated heterocycles. The second-order valence-electron chi connectivity index (χ2n) is 4.56. The summed E-state index contributed by atoms with van der Waals surface area (Å²) in [5, 5.41) is 4.45. The summed E-state index contributed by atoms with van der Waals surface area (Å²) in [4.78, 5) is 7.87. The third-order valence-corrected chi connectivity index (χ3v) is 3.86. The van der Waals surface area contributed by atoms with Gasteiger partial charge in [-0.1, -0.05) is 23.9 Å². The lowest BCUT2D eigenvalue weighted by Crippen LogP contribution is -2.18. The van der Waals surface area contributed by atoms with Crippen LogP contribution in [-0.2, 0) is 4.74 Å². The van der Waals surface area contributed by atoms with Crippen molar-refractivity contribution >= 4 is 22.8 Å². The first-order valence-electron chi connectivity index (χ1n) is 7.26. The zero-order chi connectivity index (χ0) is 14.0. The highest BCUT2D eigenvalue weighted by Gasteiger charge is 2.01. The third kappa shape index (κ3) is 5.15. The zero-order valence-corrected chi connectivity index (χ0v) is 12.8. The molecule has 0 aliphatic carbocycles. The number of benzene rings is 1. The molecule has 110 valence electrons. The number of hydrogen-bond acceptors (Lipinski definition) is 4. The number of nitrogens with one attached hydrogen (secondary N) is 2. The minimum atomic E-state index is 0.821. The maximum absolute atomic E-state index is 5.30. The molecule has 0 aliphatic heterocycles. The molecule has 0 bridgehead atoms. The molecule has 0 spiro atoms. The van der Waals surface area contributed by atoms with Gasteiger partial charge in [0.25, 0.3) is 0 Å². The first kappa shape index (κ1) is 15.4. The van der Waals surface area contributed by atoms with Crippen molar-refractivity contribution in [3.05, 3.63) is 24.3 Å². The first-order valence-corrected chi connectivity index (χ1v) is 8.24. The number of para-hydroxylation sites is 2. The van der Waals surface area contributed by atoms with E-state index in [9.17, 15) is 0 Å². The summed E-state index contributed by atoms with van der Waals surface area (Å²) in [6.07, 6.45) is 2.31. The fourth-order valence-corrected chi connectivity index (χ4v) is 2.73. The Kier molecular flexibility index (Phi) is 6.91. The molecule has 0 aliphatic rings. The van der Waals surface area contributed by atoms with Crippen molar-refractivity contribution in [3.8, 4) is 0 Å². The van der Waals surface area contributed by atoms with Gasteiger partial charge in [-0.15, -0.1) is 0 Å². The lowest BCUT2D eigenvalue weighted by atomic mass is 10.3. The van der Waals surface area contributed by atoms with E-state index < -0.39 is 0 Å². The number of nitrogens with zero attached hydrogens (tertiary/aromatic N) is 1. The quantitative estimate of drug-likeness (QED) is 0.522. The molecule has 0 amide bonds. The fourth-order valence-electron chi connectivity index (χ4n) is 1.94. The van der Waals surface area contributed by atoms with Crippen molar-refractivity contribution in [2.24, 2.45) is 0 Å². The fraction of sp³-hybridized carbons (Fsp3) is 0.533. The second-order valence-corrected chi connectivity index (χ2v) is 5.65. The van der Waals surface area contributed by atoms with E-state index in [0.717, 1.165) is 54.7 Å². The van der Waals surface area contributed by atoms with Crippen molar-refractivity contribution in [1.29, 1.82) is 0 Å². The predicted molar refractivity (Wildman–Crippen MR) is 85.4 cm³/mol. The Morgan fingerprint density at radius 3 is 3.00 bits per heavy atom. The van der Waals surface area contributed by atoms with E-state index in [-0.39, 0.29) is 0 Å². The van der Waals surface area contributed by atoms with E-state index in [4.69, 9.17) is 4.74 Å². The minimum Gasteiger partial charge on any atom is -0.382 e. The Balaban J connectivity index is 1.55. The summed E-state index contributed by atoms with van der Waals surface area (Å²) < 4.78 is 5.30.